The highest BCUT2D eigenvalue weighted by molar-refractivity contribution is 6.30. The number of anilines is 1. The van der Waals surface area contributed by atoms with Crippen LogP contribution in [0.1, 0.15) is 5.82 Å². The van der Waals surface area contributed by atoms with Gasteiger partial charge in [0.05, 0.1) is 6.54 Å². The van der Waals surface area contributed by atoms with Gasteiger partial charge in [-0.15, -0.1) is 0 Å². The first kappa shape index (κ1) is 10.1. The van der Waals surface area contributed by atoms with E-state index >= 15 is 0 Å². The fourth-order valence-corrected chi connectivity index (χ4v) is 1.90. The number of aromatic nitrogens is 3. The molecule has 0 atom stereocenters. The molecule has 1 aliphatic heterocycles. The van der Waals surface area contributed by atoms with Crippen LogP contribution >= 0.6 is 11.6 Å². The summed E-state index contributed by atoms with van der Waals surface area (Å²) >= 11 is 5.78. The number of hydrogen-bond acceptors (Lipinski definition) is 3. The summed E-state index contributed by atoms with van der Waals surface area (Å²) < 4.78 is 1.15. The van der Waals surface area contributed by atoms with Gasteiger partial charge in [-0.3, -0.25) is 4.90 Å². The molecule has 0 bridgehead atoms. The Morgan fingerprint density at radius 3 is 2.59 bits per heavy atom. The van der Waals surface area contributed by atoms with Crippen molar-refractivity contribution >= 4 is 23.3 Å². The van der Waals surface area contributed by atoms with Crippen molar-refractivity contribution in [2.45, 2.75) is 6.54 Å². The molecule has 6 nitrogen and oxygen atoms in total. The number of carbonyl (C=O) groups excluding carboxylic acids is 1. The number of amides is 1. The van der Waals surface area contributed by atoms with Crippen molar-refractivity contribution in [3.63, 3.8) is 0 Å². The maximum absolute atomic E-state index is 11.9. The van der Waals surface area contributed by atoms with E-state index in [1.54, 1.807) is 24.3 Å². The highest BCUT2D eigenvalue weighted by Gasteiger charge is 2.30. The van der Waals surface area contributed by atoms with Crippen LogP contribution in [0.4, 0.5) is 10.5 Å². The van der Waals surface area contributed by atoms with Gasteiger partial charge in [0, 0.05) is 10.7 Å². The summed E-state index contributed by atoms with van der Waals surface area (Å²) in [6.45, 7) is 0.277. The van der Waals surface area contributed by atoms with Crippen LogP contribution in [0.5, 0.6) is 0 Å². The van der Waals surface area contributed by atoms with E-state index in [1.807, 2.05) is 0 Å². The van der Waals surface area contributed by atoms with Crippen LogP contribution in [0.2, 0.25) is 5.02 Å². The average Bonchev–Trinajstić information content (AvgIpc) is 2.79. The van der Waals surface area contributed by atoms with Gasteiger partial charge in [0.1, 0.15) is 0 Å². The van der Waals surface area contributed by atoms with Crippen LogP contribution in [0, 0.1) is 0 Å². The molecule has 3 rings (SSSR count). The Labute approximate surface area is 100 Å². The summed E-state index contributed by atoms with van der Waals surface area (Å²) in [6, 6.07) is 6.56. The first-order valence-electron chi connectivity index (χ1n) is 4.90. The molecule has 0 spiro atoms. The summed E-state index contributed by atoms with van der Waals surface area (Å²) in [7, 11) is 0. The summed E-state index contributed by atoms with van der Waals surface area (Å²) in [5.41, 5.74) is 0.204. The Morgan fingerprint density at radius 1 is 1.24 bits per heavy atom. The molecule has 1 aliphatic rings. The van der Waals surface area contributed by atoms with Gasteiger partial charge in [0.2, 0.25) is 0 Å². The molecule has 0 aliphatic carbocycles. The summed E-state index contributed by atoms with van der Waals surface area (Å²) in [5.74, 6) is 0.412. The van der Waals surface area contributed by atoms with Gasteiger partial charge in [-0.2, -0.15) is 9.67 Å². The second kappa shape index (κ2) is 3.46. The van der Waals surface area contributed by atoms with Gasteiger partial charge in [0.15, 0.2) is 5.82 Å². The second-order valence-corrected chi connectivity index (χ2v) is 4.06. The summed E-state index contributed by atoms with van der Waals surface area (Å²) in [4.78, 5) is 28.1. The third-order valence-corrected chi connectivity index (χ3v) is 2.81. The van der Waals surface area contributed by atoms with E-state index in [-0.39, 0.29) is 12.6 Å². The standard InChI is InChI=1S/C10H7ClN4O2/c11-6-1-3-7(4-2-6)14-5-8-12-9(16)13-15(8)10(14)17/h1-4H,5H2,(H,13,16). The topological polar surface area (TPSA) is 71.0 Å². The van der Waals surface area contributed by atoms with E-state index < -0.39 is 5.69 Å². The van der Waals surface area contributed by atoms with Gasteiger partial charge in [0.25, 0.3) is 0 Å². The smallest absolute Gasteiger partial charge is 0.285 e. The van der Waals surface area contributed by atoms with Gasteiger partial charge < -0.3 is 0 Å². The third-order valence-electron chi connectivity index (χ3n) is 2.56. The Morgan fingerprint density at radius 2 is 1.94 bits per heavy atom. The Balaban J connectivity index is 1.99. The fourth-order valence-electron chi connectivity index (χ4n) is 1.77. The second-order valence-electron chi connectivity index (χ2n) is 3.63. The SMILES string of the molecule is O=C1N(c2ccc(Cl)cc2)Cc2nc(=O)[nH]n21. The van der Waals surface area contributed by atoms with E-state index in [4.69, 9.17) is 11.6 Å². The molecule has 2 aromatic rings. The zero-order chi connectivity index (χ0) is 12.0. The number of nitrogens with zero attached hydrogens (tertiary/aromatic N) is 3. The van der Waals surface area contributed by atoms with Crippen molar-refractivity contribution in [1.82, 2.24) is 14.8 Å². The Hall–Kier alpha value is -2.08. The molecule has 0 saturated heterocycles. The highest BCUT2D eigenvalue weighted by Crippen LogP contribution is 2.23. The molecular weight excluding hydrogens is 244 g/mol. The highest BCUT2D eigenvalue weighted by atomic mass is 35.5. The van der Waals surface area contributed by atoms with E-state index in [2.05, 4.69) is 10.1 Å². The minimum Gasteiger partial charge on any atom is -0.285 e. The average molecular weight is 251 g/mol. The van der Waals surface area contributed by atoms with E-state index in [0.29, 0.717) is 16.5 Å². The molecular formula is C10H7ClN4O2. The largest absolute Gasteiger partial charge is 0.362 e. The summed E-state index contributed by atoms with van der Waals surface area (Å²) in [5, 5.41) is 2.95. The molecule has 0 unspecified atom stereocenters. The summed E-state index contributed by atoms with van der Waals surface area (Å²) in [6.07, 6.45) is 0. The zero-order valence-electron chi connectivity index (χ0n) is 8.55. The molecule has 0 saturated carbocycles. The third kappa shape index (κ3) is 1.53. The maximum Gasteiger partial charge on any atom is 0.362 e. The molecule has 0 radical (unpaired) electrons. The lowest BCUT2D eigenvalue weighted by Crippen LogP contribution is -2.28. The van der Waals surface area contributed by atoms with Crippen LogP contribution in [0.3, 0.4) is 0 Å². The van der Waals surface area contributed by atoms with E-state index in [0.717, 1.165) is 4.68 Å². The Bertz CT molecular complexity index is 643. The number of nitrogens with one attached hydrogen (secondary N) is 1. The predicted octanol–water partition coefficient (Wildman–Crippen LogP) is 1.21. The van der Waals surface area contributed by atoms with Crippen LogP contribution in [0.25, 0.3) is 0 Å². The predicted molar refractivity (Wildman–Crippen MR) is 61.3 cm³/mol. The molecule has 1 amide bonds. The molecule has 1 N–H and O–H groups in total. The molecule has 86 valence electrons. The number of aromatic amines is 1. The minimum absolute atomic E-state index is 0.277. The van der Waals surface area contributed by atoms with Crippen LogP contribution in [-0.4, -0.2) is 20.8 Å². The molecule has 17 heavy (non-hydrogen) atoms. The molecule has 7 heteroatoms. The number of benzene rings is 1. The van der Waals surface area contributed by atoms with Gasteiger partial charge >= 0.3 is 11.7 Å². The molecule has 2 heterocycles. The monoisotopic (exact) mass is 250 g/mol. The van der Waals surface area contributed by atoms with Crippen molar-refractivity contribution in [2.75, 3.05) is 4.90 Å². The van der Waals surface area contributed by atoms with Gasteiger partial charge in [-0.05, 0) is 24.3 Å². The maximum atomic E-state index is 11.9. The van der Waals surface area contributed by atoms with Crippen molar-refractivity contribution < 1.29 is 4.79 Å². The number of fused-ring (bicyclic) bond motifs is 1. The van der Waals surface area contributed by atoms with Crippen LogP contribution in [0.15, 0.2) is 29.1 Å². The van der Waals surface area contributed by atoms with Crippen molar-refractivity contribution in [3.05, 3.63) is 45.6 Å². The minimum atomic E-state index is -0.510. The number of halogens is 1. The molecule has 1 aromatic heterocycles. The van der Waals surface area contributed by atoms with Gasteiger partial charge in [-0.25, -0.2) is 14.7 Å². The van der Waals surface area contributed by atoms with Crippen LogP contribution in [-0.2, 0) is 6.54 Å². The van der Waals surface area contributed by atoms with E-state index in [1.165, 1.54) is 4.90 Å². The number of hydrogen-bond donors (Lipinski definition) is 1. The number of H-pyrrole nitrogens is 1. The van der Waals surface area contributed by atoms with Crippen molar-refractivity contribution in [3.8, 4) is 0 Å². The molecule has 1 aromatic carbocycles. The lowest BCUT2D eigenvalue weighted by Gasteiger charge is -2.14. The number of rotatable bonds is 1. The van der Waals surface area contributed by atoms with E-state index in [9.17, 15) is 9.59 Å². The lowest BCUT2D eigenvalue weighted by molar-refractivity contribution is 0.248. The fraction of sp³-hybridized carbons (Fsp3) is 0.100. The number of carbonyl (C=O) groups is 1. The van der Waals surface area contributed by atoms with Crippen molar-refractivity contribution in [1.29, 1.82) is 0 Å². The quantitative estimate of drug-likeness (QED) is 0.827. The molecule has 0 fully saturated rings. The zero-order valence-corrected chi connectivity index (χ0v) is 9.31. The van der Waals surface area contributed by atoms with Gasteiger partial charge in [-0.1, -0.05) is 11.6 Å². The van der Waals surface area contributed by atoms with Crippen molar-refractivity contribution in [2.24, 2.45) is 0 Å². The Kier molecular flexibility index (Phi) is 2.05. The lowest BCUT2D eigenvalue weighted by atomic mass is 10.3. The normalized spacial score (nSPS) is 14.2. The van der Waals surface area contributed by atoms with Crippen LogP contribution < -0.4 is 10.6 Å². The first-order valence-corrected chi connectivity index (χ1v) is 5.28. The first-order chi connectivity index (χ1) is 8.15.